The van der Waals surface area contributed by atoms with E-state index >= 15 is 0 Å². The zero-order chi connectivity index (χ0) is 23.1. The first-order valence-corrected chi connectivity index (χ1v) is 10.3. The van der Waals surface area contributed by atoms with E-state index in [2.05, 4.69) is 54.0 Å². The first kappa shape index (κ1) is 14.5. The average molecular weight is 394 g/mol. The van der Waals surface area contributed by atoms with Crippen LogP contribution < -0.4 is 4.57 Å². The lowest BCUT2D eigenvalue weighted by Gasteiger charge is -2.17. The Morgan fingerprint density at radius 2 is 1.77 bits per heavy atom. The van der Waals surface area contributed by atoms with Gasteiger partial charge in [-0.15, -0.1) is 0 Å². The SMILES string of the molecule is [2H]C([2H])([2H])c1c[n+](C)c(-c2c3c(c4ccccc4c2C)-n2c(nc4ccccc42)C3)cc1C. The van der Waals surface area contributed by atoms with E-state index in [0.29, 0.717) is 5.56 Å². The van der Waals surface area contributed by atoms with Crippen molar-refractivity contribution in [1.29, 1.82) is 0 Å². The molecule has 1 aliphatic heterocycles. The van der Waals surface area contributed by atoms with Gasteiger partial charge in [0.15, 0.2) is 6.20 Å². The minimum Gasteiger partial charge on any atom is -0.295 e. The molecule has 146 valence electrons. The fraction of sp³-hybridized carbons (Fsp3) is 0.185. The van der Waals surface area contributed by atoms with E-state index in [1.807, 2.05) is 30.7 Å². The molecule has 0 saturated heterocycles. The number of pyridine rings is 1. The maximum atomic E-state index is 7.91. The first-order valence-electron chi connectivity index (χ1n) is 11.8. The first-order chi connectivity index (χ1) is 15.8. The van der Waals surface area contributed by atoms with E-state index in [-0.39, 0.29) is 0 Å². The van der Waals surface area contributed by atoms with Crippen molar-refractivity contribution in [3.63, 3.8) is 0 Å². The monoisotopic (exact) mass is 393 g/mol. The van der Waals surface area contributed by atoms with Crippen LogP contribution in [0.4, 0.5) is 0 Å². The molecule has 3 heterocycles. The Balaban J connectivity index is 1.73. The van der Waals surface area contributed by atoms with E-state index in [1.165, 1.54) is 33.2 Å². The Morgan fingerprint density at radius 3 is 2.60 bits per heavy atom. The zero-order valence-corrected chi connectivity index (χ0v) is 17.3. The summed E-state index contributed by atoms with van der Waals surface area (Å²) in [4.78, 5) is 4.95. The van der Waals surface area contributed by atoms with Gasteiger partial charge in [0, 0.05) is 27.5 Å². The Labute approximate surface area is 180 Å². The van der Waals surface area contributed by atoms with Gasteiger partial charge in [-0.05, 0) is 54.9 Å². The van der Waals surface area contributed by atoms with Crippen LogP contribution in [0.5, 0.6) is 0 Å². The summed E-state index contributed by atoms with van der Waals surface area (Å²) in [7, 11) is 1.94. The molecule has 1 aliphatic rings. The lowest BCUT2D eigenvalue weighted by atomic mass is 9.89. The molecule has 0 atom stereocenters. The van der Waals surface area contributed by atoms with Crippen LogP contribution in [-0.2, 0) is 13.5 Å². The molecule has 0 bridgehead atoms. The fourth-order valence-corrected chi connectivity index (χ4v) is 5.03. The largest absolute Gasteiger partial charge is 0.295 e. The molecule has 6 rings (SSSR count). The van der Waals surface area contributed by atoms with Crippen LogP contribution in [0.1, 0.15) is 32.2 Å². The Bertz CT molecular complexity index is 1610. The minimum absolute atomic E-state index is 0.391. The molecular weight excluding hydrogens is 366 g/mol. The molecule has 5 aromatic rings. The van der Waals surface area contributed by atoms with Gasteiger partial charge in [-0.25, -0.2) is 9.55 Å². The zero-order valence-electron chi connectivity index (χ0n) is 20.3. The highest BCUT2D eigenvalue weighted by molar-refractivity contribution is 6.02. The minimum atomic E-state index is -2.14. The van der Waals surface area contributed by atoms with Crippen molar-refractivity contribution in [2.75, 3.05) is 0 Å². The Kier molecular flexibility index (Phi) is 2.91. The molecule has 2 aromatic heterocycles. The van der Waals surface area contributed by atoms with Crippen molar-refractivity contribution in [2.45, 2.75) is 27.1 Å². The summed E-state index contributed by atoms with van der Waals surface area (Å²) in [6, 6.07) is 18.8. The van der Waals surface area contributed by atoms with Gasteiger partial charge in [0.25, 0.3) is 0 Å². The molecule has 0 amide bonds. The molecule has 0 spiro atoms. The maximum absolute atomic E-state index is 7.91. The van der Waals surface area contributed by atoms with Gasteiger partial charge in [-0.2, -0.15) is 0 Å². The molecule has 0 saturated carbocycles. The standard InChI is InChI=1S/C27H24N3/c1-16-13-24(29(4)15-17(16)2)26-18(3)19-9-5-6-10-20(19)27-21(26)14-25-28-22-11-7-8-12-23(22)30(25)27/h5-13,15H,14H2,1-4H3/q+1/i2D3. The summed E-state index contributed by atoms with van der Waals surface area (Å²) < 4.78 is 28.0. The summed E-state index contributed by atoms with van der Waals surface area (Å²) >= 11 is 0. The number of para-hydroxylation sites is 2. The van der Waals surface area contributed by atoms with Crippen molar-refractivity contribution >= 4 is 21.8 Å². The number of hydrogen-bond acceptors (Lipinski definition) is 1. The molecule has 3 nitrogen and oxygen atoms in total. The van der Waals surface area contributed by atoms with Gasteiger partial charge in [0.1, 0.15) is 12.9 Å². The molecule has 0 radical (unpaired) electrons. The Morgan fingerprint density at radius 1 is 1.00 bits per heavy atom. The predicted octanol–water partition coefficient (Wildman–Crippen LogP) is 5.50. The van der Waals surface area contributed by atoms with E-state index in [0.717, 1.165) is 34.5 Å². The van der Waals surface area contributed by atoms with Crippen molar-refractivity contribution in [3.05, 3.63) is 88.9 Å². The maximum Gasteiger partial charge on any atom is 0.213 e. The smallest absolute Gasteiger partial charge is 0.213 e. The number of benzene rings is 3. The summed E-state index contributed by atoms with van der Waals surface area (Å²) in [6.07, 6.45) is 2.51. The van der Waals surface area contributed by atoms with Gasteiger partial charge < -0.3 is 0 Å². The van der Waals surface area contributed by atoms with E-state index in [4.69, 9.17) is 9.10 Å². The quantitative estimate of drug-likeness (QED) is 0.338. The van der Waals surface area contributed by atoms with Crippen molar-refractivity contribution in [3.8, 4) is 16.9 Å². The molecule has 30 heavy (non-hydrogen) atoms. The number of nitrogens with zero attached hydrogens (tertiary/aromatic N) is 3. The second-order valence-electron chi connectivity index (χ2n) is 8.27. The third-order valence-corrected chi connectivity index (χ3v) is 6.47. The van der Waals surface area contributed by atoms with Crippen LogP contribution >= 0.6 is 0 Å². The molecule has 3 aromatic carbocycles. The summed E-state index contributed by atoms with van der Waals surface area (Å²) in [6.45, 7) is 1.92. The lowest BCUT2D eigenvalue weighted by molar-refractivity contribution is -0.660. The molecule has 0 unspecified atom stereocenters. The van der Waals surface area contributed by atoms with Crippen LogP contribution in [-0.4, -0.2) is 9.55 Å². The van der Waals surface area contributed by atoms with Crippen molar-refractivity contribution in [2.24, 2.45) is 7.05 Å². The van der Waals surface area contributed by atoms with Gasteiger partial charge >= 0.3 is 0 Å². The number of fused-ring (bicyclic) bond motifs is 7. The van der Waals surface area contributed by atoms with Crippen LogP contribution in [0.3, 0.4) is 0 Å². The normalized spacial score (nSPS) is 14.4. The van der Waals surface area contributed by atoms with E-state index in [1.54, 1.807) is 6.20 Å². The van der Waals surface area contributed by atoms with Gasteiger partial charge in [0.2, 0.25) is 5.69 Å². The summed E-state index contributed by atoms with van der Waals surface area (Å²) in [5.74, 6) is 1.04. The number of imidazole rings is 1. The average Bonchev–Trinajstić information content (AvgIpc) is 3.31. The van der Waals surface area contributed by atoms with Crippen LogP contribution in [0.25, 0.3) is 38.8 Å². The highest BCUT2D eigenvalue weighted by Crippen LogP contribution is 2.44. The summed E-state index contributed by atoms with van der Waals surface area (Å²) in [5, 5.41) is 2.42. The second-order valence-corrected chi connectivity index (χ2v) is 8.27. The van der Waals surface area contributed by atoms with E-state index in [9.17, 15) is 0 Å². The molecule has 0 aliphatic carbocycles. The number of aromatic nitrogens is 3. The second kappa shape index (κ2) is 6.02. The number of aryl methyl sites for hydroxylation is 4. The topological polar surface area (TPSA) is 21.7 Å². The number of hydrogen-bond donors (Lipinski definition) is 0. The molecule has 0 fully saturated rings. The Hall–Kier alpha value is -3.46. The van der Waals surface area contributed by atoms with E-state index < -0.39 is 6.85 Å². The van der Waals surface area contributed by atoms with Crippen LogP contribution in [0, 0.1) is 20.7 Å². The highest BCUT2D eigenvalue weighted by Gasteiger charge is 2.31. The third kappa shape index (κ3) is 2.20. The van der Waals surface area contributed by atoms with Gasteiger partial charge in [-0.1, -0.05) is 36.4 Å². The van der Waals surface area contributed by atoms with Crippen molar-refractivity contribution < 1.29 is 8.68 Å². The van der Waals surface area contributed by atoms with Crippen LogP contribution in [0.2, 0.25) is 0 Å². The predicted molar refractivity (Wildman–Crippen MR) is 122 cm³/mol. The lowest BCUT2D eigenvalue weighted by Crippen LogP contribution is -2.32. The third-order valence-electron chi connectivity index (χ3n) is 6.47. The highest BCUT2D eigenvalue weighted by atomic mass is 15.1. The fourth-order valence-electron chi connectivity index (χ4n) is 5.03. The molecule has 0 N–H and O–H groups in total. The van der Waals surface area contributed by atoms with Crippen LogP contribution in [0.15, 0.2) is 60.8 Å². The van der Waals surface area contributed by atoms with Gasteiger partial charge in [-0.3, -0.25) is 4.57 Å². The molecular formula is C27H24N3+. The van der Waals surface area contributed by atoms with Gasteiger partial charge in [0.05, 0.1) is 22.3 Å². The van der Waals surface area contributed by atoms with Crippen molar-refractivity contribution in [1.82, 2.24) is 9.55 Å². The molecule has 3 heteroatoms. The summed E-state index contributed by atoms with van der Waals surface area (Å²) in [5.41, 5.74) is 9.13. The number of rotatable bonds is 1.